The number of aromatic nitrogens is 4. The number of aliphatic imine (C=N–C) groups is 1. The normalized spacial score (nSPS) is 20.9. The number of fused-ring (bicyclic) bond motifs is 1. The van der Waals surface area contributed by atoms with Crippen LogP contribution in [-0.4, -0.2) is 63.2 Å². The van der Waals surface area contributed by atoms with Crippen LogP contribution in [0.3, 0.4) is 0 Å². The average molecular weight is 417 g/mol. The molecule has 8 heteroatoms. The molecule has 6 rings (SSSR count). The molecule has 1 aliphatic carbocycles. The number of piperazine rings is 1. The van der Waals surface area contributed by atoms with Crippen LogP contribution in [0, 0.1) is 0 Å². The monoisotopic (exact) mass is 416 g/mol. The van der Waals surface area contributed by atoms with Gasteiger partial charge < -0.3 is 10.2 Å². The van der Waals surface area contributed by atoms with Crippen LogP contribution in [-0.2, 0) is 13.1 Å². The maximum atomic E-state index is 4.89. The first kappa shape index (κ1) is 18.8. The number of nitrogens with one attached hydrogen (secondary N) is 2. The molecule has 1 aromatic carbocycles. The van der Waals surface area contributed by atoms with Crippen LogP contribution in [0.4, 0.5) is 11.5 Å². The predicted octanol–water partition coefficient (Wildman–Crippen LogP) is 2.49. The molecule has 0 unspecified atom stereocenters. The van der Waals surface area contributed by atoms with Crippen LogP contribution in [0.25, 0.3) is 0 Å². The highest BCUT2D eigenvalue weighted by molar-refractivity contribution is 5.92. The highest BCUT2D eigenvalue weighted by Gasteiger charge is 2.26. The van der Waals surface area contributed by atoms with Gasteiger partial charge in [-0.05, 0) is 30.5 Å². The number of hydrogen-bond donors (Lipinski definition) is 2. The molecule has 3 aliphatic rings. The van der Waals surface area contributed by atoms with Gasteiger partial charge in [-0.2, -0.15) is 5.10 Å². The Balaban J connectivity index is 1.25. The van der Waals surface area contributed by atoms with E-state index in [9.17, 15) is 0 Å². The number of H-pyrrole nitrogens is 1. The lowest BCUT2D eigenvalue weighted by Crippen LogP contribution is -2.43. The Morgan fingerprint density at radius 2 is 2.00 bits per heavy atom. The Hall–Kier alpha value is -2.97. The molecular weight excluding hydrogens is 388 g/mol. The fourth-order valence-corrected chi connectivity index (χ4v) is 4.53. The summed E-state index contributed by atoms with van der Waals surface area (Å²) in [6, 6.07) is 11.0. The molecule has 1 saturated heterocycles. The van der Waals surface area contributed by atoms with Gasteiger partial charge in [0.15, 0.2) is 5.82 Å². The molecule has 160 valence electrons. The van der Waals surface area contributed by atoms with Crippen molar-refractivity contribution in [2.24, 2.45) is 4.99 Å². The van der Waals surface area contributed by atoms with Gasteiger partial charge in [0.1, 0.15) is 11.7 Å². The van der Waals surface area contributed by atoms with Gasteiger partial charge in [-0.1, -0.05) is 12.1 Å². The Kier molecular flexibility index (Phi) is 4.81. The third kappa shape index (κ3) is 4.00. The Morgan fingerprint density at radius 3 is 2.87 bits per heavy atom. The Morgan fingerprint density at radius 1 is 1.10 bits per heavy atom. The minimum atomic E-state index is 0.645. The van der Waals surface area contributed by atoms with E-state index in [0.717, 1.165) is 63.3 Å². The van der Waals surface area contributed by atoms with Crippen LogP contribution in [0.2, 0.25) is 0 Å². The summed E-state index contributed by atoms with van der Waals surface area (Å²) in [5, 5.41) is 11.0. The summed E-state index contributed by atoms with van der Waals surface area (Å²) < 4.78 is 2.10. The molecule has 0 amide bonds. The van der Waals surface area contributed by atoms with E-state index in [0.29, 0.717) is 5.92 Å². The highest BCUT2D eigenvalue weighted by atomic mass is 15.3. The molecular formula is C23H28N8. The summed E-state index contributed by atoms with van der Waals surface area (Å²) in [6.45, 7) is 6.86. The molecule has 3 aromatic rings. The van der Waals surface area contributed by atoms with Crippen LogP contribution < -0.4 is 10.2 Å². The number of hydrogen-bond acceptors (Lipinski definition) is 6. The first-order valence-electron chi connectivity index (χ1n) is 11.2. The number of imidazole rings is 1. The number of anilines is 1. The van der Waals surface area contributed by atoms with Crippen molar-refractivity contribution in [3.05, 3.63) is 59.8 Å². The SMILES string of the molecule is c1cc(CN2CCNCC2)cc(N2CC(=Nc3cc(C4CC4)[nH]n3)n3ccnc3C2)c1. The fraction of sp³-hybridized carbons (Fsp3) is 0.435. The lowest BCUT2D eigenvalue weighted by atomic mass is 10.1. The van der Waals surface area contributed by atoms with Crippen molar-refractivity contribution >= 4 is 17.3 Å². The molecule has 31 heavy (non-hydrogen) atoms. The van der Waals surface area contributed by atoms with Gasteiger partial charge in [-0.25, -0.2) is 9.98 Å². The number of benzene rings is 1. The summed E-state index contributed by atoms with van der Waals surface area (Å²) in [5.74, 6) is 3.37. The van der Waals surface area contributed by atoms with Gasteiger partial charge in [-0.3, -0.25) is 14.6 Å². The van der Waals surface area contributed by atoms with Crippen LogP contribution in [0.5, 0.6) is 0 Å². The van der Waals surface area contributed by atoms with Crippen molar-refractivity contribution in [1.82, 2.24) is 30.0 Å². The summed E-state index contributed by atoms with van der Waals surface area (Å²) in [7, 11) is 0. The van der Waals surface area contributed by atoms with E-state index >= 15 is 0 Å². The zero-order valence-corrected chi connectivity index (χ0v) is 17.7. The maximum absolute atomic E-state index is 4.89. The second-order valence-corrected chi connectivity index (χ2v) is 8.75. The zero-order chi connectivity index (χ0) is 20.6. The van der Waals surface area contributed by atoms with E-state index in [-0.39, 0.29) is 0 Å². The first-order valence-corrected chi connectivity index (χ1v) is 11.2. The third-order valence-electron chi connectivity index (χ3n) is 6.40. The maximum Gasteiger partial charge on any atom is 0.175 e. The van der Waals surface area contributed by atoms with Gasteiger partial charge >= 0.3 is 0 Å². The van der Waals surface area contributed by atoms with Gasteiger partial charge in [-0.15, -0.1) is 0 Å². The van der Waals surface area contributed by atoms with Crippen LogP contribution in [0.15, 0.2) is 47.7 Å². The zero-order valence-electron chi connectivity index (χ0n) is 17.7. The molecule has 0 radical (unpaired) electrons. The van der Waals surface area contributed by atoms with E-state index < -0.39 is 0 Å². The van der Waals surface area contributed by atoms with Crippen molar-refractivity contribution < 1.29 is 0 Å². The first-order chi connectivity index (χ1) is 15.3. The van der Waals surface area contributed by atoms with Crippen LogP contribution in [0.1, 0.15) is 35.8 Å². The number of nitrogens with zero attached hydrogens (tertiary/aromatic N) is 6. The smallest absolute Gasteiger partial charge is 0.175 e. The molecule has 2 N–H and O–H groups in total. The molecule has 0 spiro atoms. The van der Waals surface area contributed by atoms with E-state index in [1.807, 2.05) is 12.4 Å². The summed E-state index contributed by atoms with van der Waals surface area (Å²) >= 11 is 0. The largest absolute Gasteiger partial charge is 0.357 e. The Bertz CT molecular complexity index is 1090. The minimum absolute atomic E-state index is 0.645. The molecule has 0 atom stereocenters. The van der Waals surface area contributed by atoms with Gasteiger partial charge in [0.05, 0.1) is 13.1 Å². The molecule has 1 saturated carbocycles. The van der Waals surface area contributed by atoms with Crippen molar-refractivity contribution in [2.75, 3.05) is 37.6 Å². The van der Waals surface area contributed by atoms with Gasteiger partial charge in [0.25, 0.3) is 0 Å². The number of rotatable bonds is 5. The van der Waals surface area contributed by atoms with E-state index in [2.05, 4.69) is 65.2 Å². The molecule has 2 fully saturated rings. The minimum Gasteiger partial charge on any atom is -0.357 e. The van der Waals surface area contributed by atoms with Crippen molar-refractivity contribution in [3.8, 4) is 0 Å². The summed E-state index contributed by atoms with van der Waals surface area (Å²) in [4.78, 5) is 14.3. The molecule has 4 heterocycles. The van der Waals surface area contributed by atoms with Crippen LogP contribution >= 0.6 is 0 Å². The quantitative estimate of drug-likeness (QED) is 0.668. The van der Waals surface area contributed by atoms with Crippen molar-refractivity contribution in [2.45, 2.75) is 31.8 Å². The topological polar surface area (TPSA) is 77.4 Å². The average Bonchev–Trinajstić information content (AvgIpc) is 3.35. The second kappa shape index (κ2) is 7.94. The number of aromatic amines is 1. The second-order valence-electron chi connectivity index (χ2n) is 8.75. The lowest BCUT2D eigenvalue weighted by Gasteiger charge is -2.31. The van der Waals surface area contributed by atoms with Crippen molar-refractivity contribution in [1.29, 1.82) is 0 Å². The molecule has 0 bridgehead atoms. The third-order valence-corrected chi connectivity index (χ3v) is 6.40. The fourth-order valence-electron chi connectivity index (χ4n) is 4.53. The Labute approximate surface area is 182 Å². The molecule has 8 nitrogen and oxygen atoms in total. The predicted molar refractivity (Wildman–Crippen MR) is 121 cm³/mol. The summed E-state index contributed by atoms with van der Waals surface area (Å²) in [6.07, 6.45) is 6.36. The molecule has 2 aromatic heterocycles. The molecule has 2 aliphatic heterocycles. The lowest BCUT2D eigenvalue weighted by molar-refractivity contribution is 0.233. The summed E-state index contributed by atoms with van der Waals surface area (Å²) in [5.41, 5.74) is 3.78. The van der Waals surface area contributed by atoms with E-state index in [1.165, 1.54) is 29.8 Å². The van der Waals surface area contributed by atoms with Gasteiger partial charge in [0.2, 0.25) is 0 Å². The van der Waals surface area contributed by atoms with Gasteiger partial charge in [0, 0.05) is 68.5 Å². The standard InChI is InChI=1S/C23H28N8/c1-2-17(14-29-9-6-24-7-10-29)12-19(3-1)30-15-22-25-8-11-31(22)23(16-30)26-21-13-20(27-28-21)18-4-5-18/h1-3,8,11-13,18,24H,4-7,9-10,14-16H2,(H,27,28). The van der Waals surface area contributed by atoms with E-state index in [4.69, 9.17) is 4.99 Å². The van der Waals surface area contributed by atoms with E-state index in [1.54, 1.807) is 0 Å². The highest BCUT2D eigenvalue weighted by Crippen LogP contribution is 2.39. The van der Waals surface area contributed by atoms with Crippen molar-refractivity contribution in [3.63, 3.8) is 0 Å².